The normalized spacial score (nSPS) is 11.3. The molecular weight excluding hydrogens is 289 g/mol. The van der Waals surface area contributed by atoms with E-state index >= 15 is 0 Å². The van der Waals surface area contributed by atoms with Gasteiger partial charge in [-0.2, -0.15) is 4.39 Å². The number of rotatable bonds is 7. The number of halogens is 3. The van der Waals surface area contributed by atoms with Gasteiger partial charge in [-0.25, -0.2) is 8.78 Å². The van der Waals surface area contributed by atoms with Crippen LogP contribution in [0.15, 0.2) is 18.2 Å². The van der Waals surface area contributed by atoms with Crippen LogP contribution in [0.25, 0.3) is 10.8 Å². The molecule has 0 atom stereocenters. The van der Waals surface area contributed by atoms with E-state index < -0.39 is 23.2 Å². The predicted octanol–water partition coefficient (Wildman–Crippen LogP) is 5.87. The van der Waals surface area contributed by atoms with Gasteiger partial charge in [0.2, 0.25) is 5.82 Å². The van der Waals surface area contributed by atoms with Crippen LogP contribution in [0.5, 0.6) is 5.75 Å². The average molecular weight is 310 g/mol. The molecule has 0 heterocycles. The predicted molar refractivity (Wildman–Crippen MR) is 82.6 cm³/mol. The molecule has 0 aliphatic carbocycles. The van der Waals surface area contributed by atoms with Gasteiger partial charge in [0.15, 0.2) is 11.6 Å². The summed E-state index contributed by atoms with van der Waals surface area (Å²) in [5.74, 6) is -3.98. The highest BCUT2D eigenvalue weighted by atomic mass is 19.2. The van der Waals surface area contributed by atoms with E-state index in [4.69, 9.17) is 0 Å². The van der Waals surface area contributed by atoms with Crippen LogP contribution in [0, 0.1) is 17.5 Å². The molecule has 0 unspecified atom stereocenters. The summed E-state index contributed by atoms with van der Waals surface area (Å²) in [4.78, 5) is 0. The second-order valence-electron chi connectivity index (χ2n) is 5.67. The number of phenols is 1. The molecule has 0 saturated heterocycles. The van der Waals surface area contributed by atoms with Gasteiger partial charge < -0.3 is 5.11 Å². The van der Waals surface area contributed by atoms with E-state index in [0.29, 0.717) is 12.0 Å². The highest BCUT2D eigenvalue weighted by Gasteiger charge is 2.16. The van der Waals surface area contributed by atoms with Gasteiger partial charge in [0.05, 0.1) is 0 Å². The third-order valence-electron chi connectivity index (χ3n) is 4.00. The Kier molecular flexibility index (Phi) is 5.69. The molecule has 0 spiro atoms. The molecule has 1 nitrogen and oxygen atoms in total. The summed E-state index contributed by atoms with van der Waals surface area (Å²) in [6.07, 6.45) is 7.17. The number of benzene rings is 2. The summed E-state index contributed by atoms with van der Waals surface area (Å²) < 4.78 is 41.0. The minimum Gasteiger partial charge on any atom is -0.504 e. The minimum absolute atomic E-state index is 0.00287. The largest absolute Gasteiger partial charge is 0.504 e. The highest BCUT2D eigenvalue weighted by Crippen LogP contribution is 2.32. The van der Waals surface area contributed by atoms with Crippen molar-refractivity contribution in [2.24, 2.45) is 0 Å². The Balaban J connectivity index is 2.12. The summed E-state index contributed by atoms with van der Waals surface area (Å²) >= 11 is 0. The molecule has 1 N–H and O–H groups in total. The number of fused-ring (bicyclic) bond motifs is 1. The van der Waals surface area contributed by atoms with E-state index in [2.05, 4.69) is 6.92 Å². The van der Waals surface area contributed by atoms with Crippen LogP contribution in [-0.4, -0.2) is 5.11 Å². The third-order valence-corrected chi connectivity index (χ3v) is 4.00. The third kappa shape index (κ3) is 3.54. The molecule has 120 valence electrons. The number of hydrogen-bond donors (Lipinski definition) is 1. The first-order valence-corrected chi connectivity index (χ1v) is 7.84. The molecule has 4 heteroatoms. The van der Waals surface area contributed by atoms with Gasteiger partial charge in [0.25, 0.3) is 0 Å². The Bertz CT molecular complexity index is 653. The van der Waals surface area contributed by atoms with Gasteiger partial charge >= 0.3 is 0 Å². The number of phenolic OH excluding ortho intramolecular Hbond substituents is 1. The van der Waals surface area contributed by atoms with E-state index in [1.165, 1.54) is 25.3 Å². The van der Waals surface area contributed by atoms with E-state index in [1.54, 1.807) is 6.07 Å². The Labute approximate surface area is 128 Å². The lowest BCUT2D eigenvalue weighted by Gasteiger charge is -2.09. The first kappa shape index (κ1) is 16.7. The molecule has 2 rings (SSSR count). The van der Waals surface area contributed by atoms with Gasteiger partial charge in [0.1, 0.15) is 5.82 Å². The van der Waals surface area contributed by atoms with E-state index in [9.17, 15) is 18.3 Å². The van der Waals surface area contributed by atoms with Crippen molar-refractivity contribution in [3.63, 3.8) is 0 Å². The lowest BCUT2D eigenvalue weighted by molar-refractivity contribution is 0.413. The van der Waals surface area contributed by atoms with Crippen LogP contribution < -0.4 is 0 Å². The van der Waals surface area contributed by atoms with Crippen molar-refractivity contribution < 1.29 is 18.3 Å². The number of hydrogen-bond acceptors (Lipinski definition) is 1. The molecule has 2 aromatic carbocycles. The van der Waals surface area contributed by atoms with Gasteiger partial charge in [-0.05, 0) is 24.5 Å². The zero-order chi connectivity index (χ0) is 16.1. The number of aryl methyl sites for hydroxylation is 1. The smallest absolute Gasteiger partial charge is 0.201 e. The minimum atomic E-state index is -1.34. The fraction of sp³-hybridized carbons (Fsp3) is 0.444. The zero-order valence-electron chi connectivity index (χ0n) is 12.8. The fourth-order valence-electron chi connectivity index (χ4n) is 2.70. The standard InChI is InChI=1S/C18H21F3O/c1-2-3-4-5-6-7-8-12-9-10-13-14(16(12)20)11-15(19)17(21)18(13)22/h9-11,22H,2-8H2,1H3. The zero-order valence-corrected chi connectivity index (χ0v) is 12.8. The summed E-state index contributed by atoms with van der Waals surface area (Å²) in [6, 6.07) is 3.80. The molecular formula is C18H21F3O. The van der Waals surface area contributed by atoms with Crippen LogP contribution in [0.2, 0.25) is 0 Å². The van der Waals surface area contributed by atoms with Crippen molar-refractivity contribution in [1.29, 1.82) is 0 Å². The summed E-state index contributed by atoms with van der Waals surface area (Å²) in [5, 5.41) is 9.50. The van der Waals surface area contributed by atoms with Crippen molar-refractivity contribution in [1.82, 2.24) is 0 Å². The first-order valence-electron chi connectivity index (χ1n) is 7.84. The van der Waals surface area contributed by atoms with Crippen molar-refractivity contribution in [3.05, 3.63) is 41.2 Å². The van der Waals surface area contributed by atoms with Crippen LogP contribution >= 0.6 is 0 Å². The van der Waals surface area contributed by atoms with Crippen molar-refractivity contribution in [3.8, 4) is 5.75 Å². The maximum absolute atomic E-state index is 14.4. The first-order chi connectivity index (χ1) is 10.6. The Hall–Kier alpha value is -1.71. The van der Waals surface area contributed by atoms with Crippen molar-refractivity contribution >= 4 is 10.8 Å². The van der Waals surface area contributed by atoms with E-state index in [1.807, 2.05) is 0 Å². The monoisotopic (exact) mass is 310 g/mol. The SMILES string of the molecule is CCCCCCCCc1ccc2c(O)c(F)c(F)cc2c1F. The molecule has 0 bridgehead atoms. The summed E-state index contributed by atoms with van der Waals surface area (Å²) in [6.45, 7) is 2.15. The molecule has 0 aromatic heterocycles. The Morgan fingerprint density at radius 2 is 1.55 bits per heavy atom. The summed E-state index contributed by atoms with van der Waals surface area (Å²) in [7, 11) is 0. The van der Waals surface area contributed by atoms with Crippen LogP contribution in [0.1, 0.15) is 51.0 Å². The van der Waals surface area contributed by atoms with Gasteiger partial charge in [0, 0.05) is 10.8 Å². The molecule has 0 saturated carbocycles. The molecule has 22 heavy (non-hydrogen) atoms. The fourth-order valence-corrected chi connectivity index (χ4v) is 2.70. The van der Waals surface area contributed by atoms with Gasteiger partial charge in [-0.1, -0.05) is 51.2 Å². The molecule has 2 aromatic rings. The molecule has 0 radical (unpaired) electrons. The van der Waals surface area contributed by atoms with Gasteiger partial charge in [-0.3, -0.25) is 0 Å². The molecule has 0 amide bonds. The van der Waals surface area contributed by atoms with E-state index in [0.717, 1.165) is 25.3 Å². The highest BCUT2D eigenvalue weighted by molar-refractivity contribution is 5.89. The maximum atomic E-state index is 14.4. The van der Waals surface area contributed by atoms with Crippen molar-refractivity contribution in [2.45, 2.75) is 51.9 Å². The maximum Gasteiger partial charge on any atom is 0.201 e. The Morgan fingerprint density at radius 3 is 2.27 bits per heavy atom. The van der Waals surface area contributed by atoms with Crippen LogP contribution in [0.3, 0.4) is 0 Å². The number of aromatic hydroxyl groups is 1. The summed E-state index contributed by atoms with van der Waals surface area (Å²) in [5.41, 5.74) is 0.480. The molecule has 0 aliphatic heterocycles. The lowest BCUT2D eigenvalue weighted by Crippen LogP contribution is -1.95. The molecule has 0 fully saturated rings. The second-order valence-corrected chi connectivity index (χ2v) is 5.67. The van der Waals surface area contributed by atoms with Crippen LogP contribution in [-0.2, 0) is 6.42 Å². The Morgan fingerprint density at radius 1 is 0.864 bits per heavy atom. The number of unbranched alkanes of at least 4 members (excludes halogenated alkanes) is 5. The quantitative estimate of drug-likeness (QED) is 0.634. The topological polar surface area (TPSA) is 20.2 Å². The average Bonchev–Trinajstić information content (AvgIpc) is 2.51. The van der Waals surface area contributed by atoms with E-state index in [-0.39, 0.29) is 10.8 Å². The van der Waals surface area contributed by atoms with Crippen LogP contribution in [0.4, 0.5) is 13.2 Å². The molecule has 0 aliphatic rings. The lowest BCUT2D eigenvalue weighted by atomic mass is 10.00. The second kappa shape index (κ2) is 7.52. The van der Waals surface area contributed by atoms with Gasteiger partial charge in [-0.15, -0.1) is 0 Å². The van der Waals surface area contributed by atoms with Crippen molar-refractivity contribution in [2.75, 3.05) is 0 Å².